The molecule has 1 unspecified atom stereocenters. The second-order valence-corrected chi connectivity index (χ2v) is 4.15. The van der Waals surface area contributed by atoms with Gasteiger partial charge >= 0.3 is 0 Å². The molecule has 0 aliphatic carbocycles. The molecule has 1 aromatic heterocycles. The fourth-order valence-electron chi connectivity index (χ4n) is 2.24. The normalized spacial score (nSPS) is 19.2. The lowest BCUT2D eigenvalue weighted by Gasteiger charge is -2.21. The number of carbonyl (C=O) groups excluding carboxylic acids is 1. The monoisotopic (exact) mass is 231 g/mol. The summed E-state index contributed by atoms with van der Waals surface area (Å²) in [5.41, 5.74) is 9.74. The predicted octanol–water partition coefficient (Wildman–Crippen LogP) is 1.19. The lowest BCUT2D eigenvalue weighted by molar-refractivity contribution is -0.120. The summed E-state index contributed by atoms with van der Waals surface area (Å²) in [6, 6.07) is -0.278. The number of hydrogen-bond donors (Lipinski definition) is 3. The Bertz CT molecular complexity index is 485. The average Bonchev–Trinajstić information content (AvgIpc) is 2.67. The van der Waals surface area contributed by atoms with Crippen LogP contribution in [0.25, 0.3) is 12.2 Å². The van der Waals surface area contributed by atoms with Crippen LogP contribution in [0.1, 0.15) is 29.4 Å². The quantitative estimate of drug-likeness (QED) is 0.731. The zero-order chi connectivity index (χ0) is 12.4. The molecule has 0 saturated heterocycles. The summed E-state index contributed by atoms with van der Waals surface area (Å²) in [6.07, 6.45) is 6.45. The Morgan fingerprint density at radius 1 is 1.59 bits per heavy atom. The highest BCUT2D eigenvalue weighted by Crippen LogP contribution is 2.26. The molecule has 1 atom stereocenters. The molecule has 0 saturated carbocycles. The van der Waals surface area contributed by atoms with Gasteiger partial charge in [0.2, 0.25) is 5.91 Å². The van der Waals surface area contributed by atoms with E-state index in [0.717, 1.165) is 17.0 Å². The zero-order valence-corrected chi connectivity index (χ0v) is 9.92. The Morgan fingerprint density at radius 2 is 2.35 bits per heavy atom. The maximum absolute atomic E-state index is 11.2. The highest BCUT2D eigenvalue weighted by atomic mass is 16.1. The van der Waals surface area contributed by atoms with Gasteiger partial charge in [0.05, 0.1) is 6.04 Å². The lowest BCUT2D eigenvalue weighted by atomic mass is 9.96. The van der Waals surface area contributed by atoms with Crippen LogP contribution in [0.5, 0.6) is 0 Å². The first-order chi connectivity index (χ1) is 8.17. The second-order valence-electron chi connectivity index (χ2n) is 4.15. The molecule has 0 radical (unpaired) electrons. The summed E-state index contributed by atoms with van der Waals surface area (Å²) in [7, 11) is 0. The highest BCUT2D eigenvalue weighted by molar-refractivity contribution is 5.81. The summed E-state index contributed by atoms with van der Waals surface area (Å²) < 4.78 is 0. The van der Waals surface area contributed by atoms with E-state index in [4.69, 9.17) is 5.73 Å². The van der Waals surface area contributed by atoms with Crippen molar-refractivity contribution in [1.29, 1.82) is 0 Å². The largest absolute Gasteiger partial charge is 0.368 e. The molecule has 0 spiro atoms. The summed E-state index contributed by atoms with van der Waals surface area (Å²) in [6.45, 7) is 6.41. The van der Waals surface area contributed by atoms with E-state index in [1.165, 1.54) is 5.56 Å². The van der Waals surface area contributed by atoms with E-state index in [9.17, 15) is 4.79 Å². The van der Waals surface area contributed by atoms with Crippen molar-refractivity contribution in [2.75, 3.05) is 0 Å². The minimum Gasteiger partial charge on any atom is -0.368 e. The van der Waals surface area contributed by atoms with E-state index in [1.54, 1.807) is 6.08 Å². The fraction of sp³-hybridized carbons (Fsp3) is 0.308. The van der Waals surface area contributed by atoms with Crippen LogP contribution < -0.4 is 11.1 Å². The van der Waals surface area contributed by atoms with Gasteiger partial charge in [0.15, 0.2) is 0 Å². The summed E-state index contributed by atoms with van der Waals surface area (Å²) >= 11 is 0. The molecule has 2 rings (SSSR count). The minimum atomic E-state index is -0.302. The molecule has 90 valence electrons. The van der Waals surface area contributed by atoms with Crippen LogP contribution in [-0.2, 0) is 17.8 Å². The van der Waals surface area contributed by atoms with Crippen LogP contribution in [-0.4, -0.2) is 16.9 Å². The standard InChI is InChI=1S/C13H17N3O/c1-3-5-8-9-6-11(13(14)17)15-7-12(9)16-10(8)4-2/h3-5,11,15-16H,2,6-7H2,1H3,(H2,14,17)/b5-3-. The van der Waals surface area contributed by atoms with Crippen molar-refractivity contribution in [2.24, 2.45) is 5.73 Å². The van der Waals surface area contributed by atoms with Crippen LogP contribution in [0.2, 0.25) is 0 Å². The first kappa shape index (κ1) is 11.7. The first-order valence-corrected chi connectivity index (χ1v) is 5.69. The Morgan fingerprint density at radius 3 is 2.94 bits per heavy atom. The maximum atomic E-state index is 11.2. The minimum absolute atomic E-state index is 0.278. The zero-order valence-electron chi connectivity index (χ0n) is 9.92. The molecule has 2 heterocycles. The Kier molecular flexibility index (Phi) is 3.15. The van der Waals surface area contributed by atoms with Crippen molar-refractivity contribution < 1.29 is 4.79 Å². The first-order valence-electron chi connectivity index (χ1n) is 5.69. The topological polar surface area (TPSA) is 70.9 Å². The van der Waals surface area contributed by atoms with Crippen molar-refractivity contribution >= 4 is 18.1 Å². The number of primary amides is 1. The number of nitrogens with two attached hydrogens (primary N) is 1. The van der Waals surface area contributed by atoms with Crippen LogP contribution in [0.4, 0.5) is 0 Å². The molecule has 0 aromatic carbocycles. The molecule has 1 aromatic rings. The number of fused-ring (bicyclic) bond motifs is 1. The van der Waals surface area contributed by atoms with Gasteiger partial charge in [0.25, 0.3) is 0 Å². The van der Waals surface area contributed by atoms with E-state index in [2.05, 4.69) is 16.9 Å². The lowest BCUT2D eigenvalue weighted by Crippen LogP contribution is -2.45. The molecule has 0 bridgehead atoms. The molecule has 1 aliphatic rings. The number of rotatable bonds is 3. The molecule has 4 nitrogen and oxygen atoms in total. The van der Waals surface area contributed by atoms with Gasteiger partial charge in [-0.05, 0) is 25.0 Å². The van der Waals surface area contributed by atoms with Gasteiger partial charge in [0, 0.05) is 23.5 Å². The number of amides is 1. The van der Waals surface area contributed by atoms with Gasteiger partial charge in [-0.25, -0.2) is 0 Å². The van der Waals surface area contributed by atoms with Gasteiger partial charge in [-0.3, -0.25) is 10.1 Å². The van der Waals surface area contributed by atoms with Gasteiger partial charge in [0.1, 0.15) is 0 Å². The fourth-order valence-corrected chi connectivity index (χ4v) is 2.24. The predicted molar refractivity (Wildman–Crippen MR) is 69.1 cm³/mol. The van der Waals surface area contributed by atoms with E-state index in [-0.39, 0.29) is 11.9 Å². The number of H-pyrrole nitrogens is 1. The van der Waals surface area contributed by atoms with Gasteiger partial charge in [-0.2, -0.15) is 0 Å². The molecule has 4 heteroatoms. The number of carbonyl (C=O) groups is 1. The Balaban J connectivity index is 2.44. The molecular weight excluding hydrogens is 214 g/mol. The van der Waals surface area contributed by atoms with Crippen molar-refractivity contribution in [3.63, 3.8) is 0 Å². The van der Waals surface area contributed by atoms with Crippen molar-refractivity contribution in [1.82, 2.24) is 10.3 Å². The van der Waals surface area contributed by atoms with Gasteiger partial charge in [-0.1, -0.05) is 18.7 Å². The maximum Gasteiger partial charge on any atom is 0.234 e. The van der Waals surface area contributed by atoms with E-state index < -0.39 is 0 Å². The summed E-state index contributed by atoms with van der Waals surface area (Å²) in [4.78, 5) is 14.5. The van der Waals surface area contributed by atoms with Gasteiger partial charge < -0.3 is 10.7 Å². The third-order valence-electron chi connectivity index (χ3n) is 3.08. The smallest absolute Gasteiger partial charge is 0.234 e. The molecule has 4 N–H and O–H groups in total. The molecule has 0 fully saturated rings. The number of aromatic amines is 1. The molecule has 17 heavy (non-hydrogen) atoms. The average molecular weight is 231 g/mol. The number of nitrogens with one attached hydrogen (secondary N) is 2. The number of hydrogen-bond acceptors (Lipinski definition) is 2. The number of aromatic nitrogens is 1. The molecular formula is C13H17N3O. The third-order valence-corrected chi connectivity index (χ3v) is 3.08. The summed E-state index contributed by atoms with van der Waals surface area (Å²) in [5, 5.41) is 3.12. The van der Waals surface area contributed by atoms with Crippen molar-refractivity contribution in [3.8, 4) is 0 Å². The van der Waals surface area contributed by atoms with Crippen LogP contribution in [0, 0.1) is 0 Å². The highest BCUT2D eigenvalue weighted by Gasteiger charge is 2.26. The number of allylic oxidation sites excluding steroid dienone is 1. The van der Waals surface area contributed by atoms with E-state index in [1.807, 2.05) is 19.1 Å². The second kappa shape index (κ2) is 4.59. The molecule has 1 aliphatic heterocycles. The van der Waals surface area contributed by atoms with Crippen molar-refractivity contribution in [2.45, 2.75) is 25.9 Å². The Hall–Kier alpha value is -1.81. The SMILES string of the molecule is C=Cc1[nH]c2c(c1/C=C\C)CC(C(N)=O)NC2. The van der Waals surface area contributed by atoms with E-state index in [0.29, 0.717) is 13.0 Å². The van der Waals surface area contributed by atoms with Crippen molar-refractivity contribution in [3.05, 3.63) is 35.2 Å². The third kappa shape index (κ3) is 2.03. The Labute approximate surface area is 101 Å². The summed E-state index contributed by atoms with van der Waals surface area (Å²) in [5.74, 6) is -0.302. The van der Waals surface area contributed by atoms with Crippen LogP contribution in [0.3, 0.4) is 0 Å². The van der Waals surface area contributed by atoms with Gasteiger partial charge in [-0.15, -0.1) is 0 Å². The van der Waals surface area contributed by atoms with Crippen LogP contribution >= 0.6 is 0 Å². The van der Waals surface area contributed by atoms with E-state index >= 15 is 0 Å². The molecule has 1 amide bonds. The van der Waals surface area contributed by atoms with Crippen LogP contribution in [0.15, 0.2) is 12.7 Å².